The van der Waals surface area contributed by atoms with Gasteiger partial charge in [0.25, 0.3) is 5.56 Å². The van der Waals surface area contributed by atoms with Gasteiger partial charge < -0.3 is 4.74 Å². The molecule has 0 atom stereocenters. The summed E-state index contributed by atoms with van der Waals surface area (Å²) in [5.74, 6) is 0.634. The van der Waals surface area contributed by atoms with Gasteiger partial charge >= 0.3 is 0 Å². The molecule has 3 heterocycles. The van der Waals surface area contributed by atoms with Crippen molar-refractivity contribution in [1.82, 2.24) is 24.1 Å². The van der Waals surface area contributed by atoms with E-state index < -0.39 is 0 Å². The first-order valence-corrected chi connectivity index (χ1v) is 11.0. The van der Waals surface area contributed by atoms with Crippen LogP contribution in [0.25, 0.3) is 38.9 Å². The highest BCUT2D eigenvalue weighted by Gasteiger charge is 2.22. The van der Waals surface area contributed by atoms with Crippen LogP contribution in [0.15, 0.2) is 53.3 Å². The first-order chi connectivity index (χ1) is 15.6. The Labute approximate surface area is 189 Å². The lowest BCUT2D eigenvalue weighted by Crippen LogP contribution is -2.24. The SMILES string of the molecule is CCOCCCn1c(C)nc2c(c1=O)c1nc3ccccc3nc1n2-c1cccc(Cl)c1. The Morgan fingerprint density at radius 2 is 1.78 bits per heavy atom. The number of halogens is 1. The minimum atomic E-state index is -0.126. The highest BCUT2D eigenvalue weighted by atomic mass is 35.5. The van der Waals surface area contributed by atoms with Crippen LogP contribution in [-0.2, 0) is 11.3 Å². The molecule has 5 rings (SSSR count). The van der Waals surface area contributed by atoms with Crippen LogP contribution in [0.2, 0.25) is 5.02 Å². The molecule has 0 saturated heterocycles. The van der Waals surface area contributed by atoms with Gasteiger partial charge in [0, 0.05) is 24.8 Å². The van der Waals surface area contributed by atoms with Crippen molar-refractivity contribution < 1.29 is 4.74 Å². The minimum Gasteiger partial charge on any atom is -0.382 e. The predicted octanol–water partition coefficient (Wildman–Crippen LogP) is 4.67. The Kier molecular flexibility index (Phi) is 5.36. The Morgan fingerprint density at radius 3 is 2.53 bits per heavy atom. The van der Waals surface area contributed by atoms with Crippen molar-refractivity contribution >= 4 is 44.8 Å². The molecule has 5 aromatic rings. The first kappa shape index (κ1) is 20.6. The molecule has 0 fully saturated rings. The normalized spacial score (nSPS) is 11.7. The monoisotopic (exact) mass is 447 g/mol. The molecule has 0 spiro atoms. The number of benzene rings is 2. The maximum atomic E-state index is 13.6. The van der Waals surface area contributed by atoms with Gasteiger partial charge in [-0.3, -0.25) is 13.9 Å². The summed E-state index contributed by atoms with van der Waals surface area (Å²) in [6.45, 7) is 5.58. The van der Waals surface area contributed by atoms with Crippen LogP contribution >= 0.6 is 11.6 Å². The van der Waals surface area contributed by atoms with E-state index in [1.807, 2.05) is 66.9 Å². The van der Waals surface area contributed by atoms with Crippen LogP contribution in [0.1, 0.15) is 19.2 Å². The van der Waals surface area contributed by atoms with E-state index in [9.17, 15) is 4.79 Å². The van der Waals surface area contributed by atoms with Crippen molar-refractivity contribution in [2.24, 2.45) is 0 Å². The van der Waals surface area contributed by atoms with E-state index in [1.54, 1.807) is 4.57 Å². The summed E-state index contributed by atoms with van der Waals surface area (Å²) in [7, 11) is 0. The van der Waals surface area contributed by atoms with E-state index in [1.165, 1.54) is 0 Å². The van der Waals surface area contributed by atoms with E-state index in [2.05, 4.69) is 0 Å². The van der Waals surface area contributed by atoms with Gasteiger partial charge in [-0.2, -0.15) is 0 Å². The second kappa shape index (κ2) is 8.33. The van der Waals surface area contributed by atoms with Crippen LogP contribution in [0.3, 0.4) is 0 Å². The quantitative estimate of drug-likeness (QED) is 0.353. The molecule has 0 radical (unpaired) electrons. The molecule has 0 aliphatic rings. The van der Waals surface area contributed by atoms with Crippen molar-refractivity contribution in [3.05, 3.63) is 69.7 Å². The van der Waals surface area contributed by atoms with Gasteiger partial charge in [0.05, 0.1) is 16.7 Å². The third kappa shape index (κ3) is 3.43. The second-order valence-corrected chi connectivity index (χ2v) is 8.00. The van der Waals surface area contributed by atoms with Crippen LogP contribution in [0, 0.1) is 6.92 Å². The summed E-state index contributed by atoms with van der Waals surface area (Å²) in [6, 6.07) is 15.1. The summed E-state index contributed by atoms with van der Waals surface area (Å²) in [5.41, 5.74) is 3.78. The fraction of sp³-hybridized carbons (Fsp3) is 0.250. The molecule has 0 amide bonds. The van der Waals surface area contributed by atoms with Gasteiger partial charge in [0.1, 0.15) is 16.7 Å². The third-order valence-corrected chi connectivity index (χ3v) is 5.73. The molecular formula is C24H22ClN5O2. The number of para-hydroxylation sites is 2. The van der Waals surface area contributed by atoms with Crippen molar-refractivity contribution in [2.45, 2.75) is 26.8 Å². The van der Waals surface area contributed by atoms with Crippen LogP contribution < -0.4 is 5.56 Å². The van der Waals surface area contributed by atoms with Gasteiger partial charge in [-0.25, -0.2) is 15.0 Å². The lowest BCUT2D eigenvalue weighted by molar-refractivity contribution is 0.141. The zero-order chi connectivity index (χ0) is 22.2. The molecule has 0 N–H and O–H groups in total. The summed E-state index contributed by atoms with van der Waals surface area (Å²) < 4.78 is 9.00. The average molecular weight is 448 g/mol. The largest absolute Gasteiger partial charge is 0.382 e. The van der Waals surface area contributed by atoms with E-state index in [0.29, 0.717) is 52.8 Å². The number of hydrogen-bond acceptors (Lipinski definition) is 5. The lowest BCUT2D eigenvalue weighted by Gasteiger charge is -2.11. The van der Waals surface area contributed by atoms with E-state index >= 15 is 0 Å². The van der Waals surface area contributed by atoms with E-state index in [4.69, 9.17) is 31.3 Å². The Morgan fingerprint density at radius 1 is 1.00 bits per heavy atom. The Bertz CT molecular complexity index is 1520. The summed E-state index contributed by atoms with van der Waals surface area (Å²) >= 11 is 6.28. The molecule has 162 valence electrons. The molecule has 32 heavy (non-hydrogen) atoms. The number of nitrogens with zero attached hydrogens (tertiary/aromatic N) is 5. The first-order valence-electron chi connectivity index (χ1n) is 10.6. The average Bonchev–Trinajstić information content (AvgIpc) is 3.09. The van der Waals surface area contributed by atoms with Gasteiger partial charge in [0.2, 0.25) is 0 Å². The van der Waals surface area contributed by atoms with Crippen LogP contribution in [0.5, 0.6) is 0 Å². The smallest absolute Gasteiger partial charge is 0.265 e. The number of hydrogen-bond donors (Lipinski definition) is 0. The number of ether oxygens (including phenoxy) is 1. The highest BCUT2D eigenvalue weighted by molar-refractivity contribution is 6.30. The zero-order valence-corrected chi connectivity index (χ0v) is 18.6. The number of rotatable bonds is 6. The van der Waals surface area contributed by atoms with Gasteiger partial charge in [-0.1, -0.05) is 29.8 Å². The van der Waals surface area contributed by atoms with Crippen LogP contribution in [-0.4, -0.2) is 37.3 Å². The van der Waals surface area contributed by atoms with Gasteiger partial charge in [0.15, 0.2) is 11.3 Å². The molecular weight excluding hydrogens is 426 g/mol. The molecule has 2 aromatic carbocycles. The molecule has 0 aliphatic heterocycles. The van der Waals surface area contributed by atoms with Gasteiger partial charge in [-0.05, 0) is 50.6 Å². The summed E-state index contributed by atoms with van der Waals surface area (Å²) in [6.07, 6.45) is 0.726. The van der Waals surface area contributed by atoms with Crippen LogP contribution in [0.4, 0.5) is 0 Å². The topological polar surface area (TPSA) is 74.8 Å². The second-order valence-electron chi connectivity index (χ2n) is 7.56. The van der Waals surface area contributed by atoms with E-state index in [0.717, 1.165) is 23.1 Å². The Hall–Kier alpha value is -3.29. The number of aryl methyl sites for hydroxylation is 1. The lowest BCUT2D eigenvalue weighted by atomic mass is 10.3. The van der Waals surface area contributed by atoms with Crippen molar-refractivity contribution in [2.75, 3.05) is 13.2 Å². The molecule has 3 aromatic heterocycles. The fourth-order valence-electron chi connectivity index (χ4n) is 4.02. The minimum absolute atomic E-state index is 0.126. The Balaban J connectivity index is 1.85. The number of fused-ring (bicyclic) bond motifs is 4. The molecule has 0 aliphatic carbocycles. The fourth-order valence-corrected chi connectivity index (χ4v) is 4.21. The third-order valence-electron chi connectivity index (χ3n) is 5.49. The zero-order valence-electron chi connectivity index (χ0n) is 17.9. The van der Waals surface area contributed by atoms with E-state index in [-0.39, 0.29) is 5.56 Å². The molecule has 0 unspecified atom stereocenters. The molecule has 0 saturated carbocycles. The maximum Gasteiger partial charge on any atom is 0.265 e. The van der Waals surface area contributed by atoms with Crippen molar-refractivity contribution in [3.8, 4) is 5.69 Å². The van der Waals surface area contributed by atoms with Crippen molar-refractivity contribution in [1.29, 1.82) is 0 Å². The predicted molar refractivity (Wildman–Crippen MR) is 127 cm³/mol. The van der Waals surface area contributed by atoms with Gasteiger partial charge in [-0.15, -0.1) is 0 Å². The maximum absolute atomic E-state index is 13.6. The standard InChI is InChI=1S/C24H22ClN5O2/c1-3-32-13-7-12-29-15(2)26-22-20(24(29)31)21-23(28-19-11-5-4-10-18(19)27-21)30(22)17-9-6-8-16(25)14-17/h4-6,8-11,14H,3,7,12-13H2,1-2H3. The molecule has 0 bridgehead atoms. The highest BCUT2D eigenvalue weighted by Crippen LogP contribution is 2.29. The number of aromatic nitrogens is 5. The molecule has 8 heteroatoms. The summed E-state index contributed by atoms with van der Waals surface area (Å²) in [4.78, 5) is 28.2. The molecule has 7 nitrogen and oxygen atoms in total. The van der Waals surface area contributed by atoms with Crippen molar-refractivity contribution in [3.63, 3.8) is 0 Å². The summed E-state index contributed by atoms with van der Waals surface area (Å²) in [5, 5.41) is 1.05.